The fraction of sp³-hybridized carbons (Fsp3) is 0. The van der Waals surface area contributed by atoms with Crippen molar-refractivity contribution in [1.29, 1.82) is 0 Å². The normalized spacial score (nSPS) is 11.2. The SMILES string of the molecule is Fc1cc(F)cc(N(c2ccc(-c3ccccc3)cc2)c2ccc3c(c2)c2ccccc2n3-c2ccccc2)c1. The number of hydrogen-bond acceptors (Lipinski definition) is 1. The van der Waals surface area contributed by atoms with Crippen LogP contribution in [0.4, 0.5) is 25.8 Å². The lowest BCUT2D eigenvalue weighted by Crippen LogP contribution is -2.10. The lowest BCUT2D eigenvalue weighted by Gasteiger charge is -2.26. The molecule has 0 saturated heterocycles. The fourth-order valence-electron chi connectivity index (χ4n) is 5.50. The summed E-state index contributed by atoms with van der Waals surface area (Å²) in [5, 5.41) is 2.16. The first-order chi connectivity index (χ1) is 19.7. The lowest BCUT2D eigenvalue weighted by molar-refractivity contribution is 0.584. The minimum atomic E-state index is -0.623. The highest BCUT2D eigenvalue weighted by Crippen LogP contribution is 2.40. The monoisotopic (exact) mass is 522 g/mol. The van der Waals surface area contributed by atoms with Crippen LogP contribution in [-0.2, 0) is 0 Å². The van der Waals surface area contributed by atoms with Gasteiger partial charge < -0.3 is 9.47 Å². The Morgan fingerprint density at radius 3 is 1.73 bits per heavy atom. The van der Waals surface area contributed by atoms with Crippen molar-refractivity contribution in [3.05, 3.63) is 157 Å². The summed E-state index contributed by atoms with van der Waals surface area (Å²) in [4.78, 5) is 1.90. The van der Waals surface area contributed by atoms with Gasteiger partial charge in [-0.15, -0.1) is 0 Å². The number of fused-ring (bicyclic) bond motifs is 3. The number of anilines is 3. The molecule has 2 nitrogen and oxygen atoms in total. The molecule has 6 aromatic carbocycles. The average Bonchev–Trinajstić information content (AvgIpc) is 3.32. The summed E-state index contributed by atoms with van der Waals surface area (Å²) in [5.74, 6) is -1.25. The summed E-state index contributed by atoms with van der Waals surface area (Å²) in [5.41, 5.74) is 7.41. The molecule has 0 amide bonds. The highest BCUT2D eigenvalue weighted by atomic mass is 19.1. The van der Waals surface area contributed by atoms with Gasteiger partial charge in [-0.2, -0.15) is 0 Å². The van der Waals surface area contributed by atoms with Crippen LogP contribution in [0.1, 0.15) is 0 Å². The summed E-state index contributed by atoms with van der Waals surface area (Å²) < 4.78 is 31.2. The number of aromatic nitrogens is 1. The Bertz CT molecular complexity index is 1940. The summed E-state index contributed by atoms with van der Waals surface area (Å²) in [6.07, 6.45) is 0. The second-order valence-corrected chi connectivity index (χ2v) is 9.77. The van der Waals surface area contributed by atoms with E-state index in [2.05, 4.69) is 53.1 Å². The van der Waals surface area contributed by atoms with E-state index < -0.39 is 11.6 Å². The van der Waals surface area contributed by atoms with Crippen molar-refractivity contribution in [2.75, 3.05) is 4.90 Å². The molecule has 0 N–H and O–H groups in total. The van der Waals surface area contributed by atoms with Crippen molar-refractivity contribution in [1.82, 2.24) is 4.57 Å². The molecular weight excluding hydrogens is 498 g/mol. The van der Waals surface area contributed by atoms with Gasteiger partial charge in [0.1, 0.15) is 11.6 Å². The summed E-state index contributed by atoms with van der Waals surface area (Å²) in [7, 11) is 0. The smallest absolute Gasteiger partial charge is 0.128 e. The van der Waals surface area contributed by atoms with Gasteiger partial charge in [-0.05, 0) is 71.8 Å². The zero-order chi connectivity index (χ0) is 27.1. The maximum atomic E-state index is 14.5. The number of nitrogens with zero attached hydrogens (tertiary/aromatic N) is 2. The number of para-hydroxylation sites is 2. The minimum absolute atomic E-state index is 0.413. The first-order valence-corrected chi connectivity index (χ1v) is 13.2. The molecule has 40 heavy (non-hydrogen) atoms. The van der Waals surface area contributed by atoms with Crippen LogP contribution in [-0.4, -0.2) is 4.57 Å². The molecule has 1 aromatic heterocycles. The molecule has 0 aliphatic heterocycles. The molecule has 0 fully saturated rings. The van der Waals surface area contributed by atoms with E-state index in [1.807, 2.05) is 83.8 Å². The van der Waals surface area contributed by atoms with Crippen LogP contribution in [0.25, 0.3) is 38.6 Å². The molecule has 4 heteroatoms. The second kappa shape index (κ2) is 9.83. The van der Waals surface area contributed by atoms with Crippen LogP contribution in [0.3, 0.4) is 0 Å². The predicted octanol–water partition coefficient (Wildman–Crippen LogP) is 10.2. The maximum Gasteiger partial charge on any atom is 0.128 e. The van der Waals surface area contributed by atoms with Gasteiger partial charge in [0.25, 0.3) is 0 Å². The first kappa shape index (κ1) is 23.9. The molecule has 0 radical (unpaired) electrons. The molecule has 7 aromatic rings. The topological polar surface area (TPSA) is 8.17 Å². The van der Waals surface area contributed by atoms with E-state index in [9.17, 15) is 8.78 Å². The first-order valence-electron chi connectivity index (χ1n) is 13.2. The molecule has 0 aliphatic rings. The van der Waals surface area contributed by atoms with Gasteiger partial charge in [0, 0.05) is 33.9 Å². The Hall–Kier alpha value is -5.22. The minimum Gasteiger partial charge on any atom is -0.310 e. The van der Waals surface area contributed by atoms with E-state index in [1.54, 1.807) is 0 Å². The fourth-order valence-corrected chi connectivity index (χ4v) is 5.50. The second-order valence-electron chi connectivity index (χ2n) is 9.77. The maximum absolute atomic E-state index is 14.5. The Balaban J connectivity index is 1.43. The van der Waals surface area contributed by atoms with Crippen molar-refractivity contribution >= 4 is 38.9 Å². The third-order valence-electron chi connectivity index (χ3n) is 7.27. The molecule has 0 spiro atoms. The Kier molecular flexibility index (Phi) is 5.86. The Morgan fingerprint density at radius 2 is 1.00 bits per heavy atom. The Morgan fingerprint density at radius 1 is 0.425 bits per heavy atom. The van der Waals surface area contributed by atoms with Crippen molar-refractivity contribution in [2.45, 2.75) is 0 Å². The van der Waals surface area contributed by atoms with E-state index in [1.165, 1.54) is 12.1 Å². The van der Waals surface area contributed by atoms with E-state index in [-0.39, 0.29) is 0 Å². The molecule has 0 bridgehead atoms. The highest BCUT2D eigenvalue weighted by molar-refractivity contribution is 6.10. The van der Waals surface area contributed by atoms with Crippen molar-refractivity contribution in [3.8, 4) is 16.8 Å². The van der Waals surface area contributed by atoms with E-state index >= 15 is 0 Å². The zero-order valence-corrected chi connectivity index (χ0v) is 21.5. The predicted molar refractivity (Wildman–Crippen MR) is 161 cm³/mol. The zero-order valence-electron chi connectivity index (χ0n) is 21.5. The molecule has 1 heterocycles. The van der Waals surface area contributed by atoms with Crippen molar-refractivity contribution < 1.29 is 8.78 Å². The number of halogens is 2. The standard InChI is InChI=1S/C36H24F2N2/c37-27-21-28(38)23-32(22-27)39(30-17-15-26(16-18-30)25-9-3-1-4-10-25)31-19-20-36-34(24-31)33-13-7-8-14-35(33)40(36)29-11-5-2-6-12-29/h1-24H. The van der Waals surface area contributed by atoms with E-state index in [0.717, 1.165) is 56.1 Å². The van der Waals surface area contributed by atoms with Crippen molar-refractivity contribution in [2.24, 2.45) is 0 Å². The third kappa shape index (κ3) is 4.20. The molecule has 0 atom stereocenters. The molecular formula is C36H24F2N2. The third-order valence-corrected chi connectivity index (χ3v) is 7.27. The van der Waals surface area contributed by atoms with Crippen LogP contribution < -0.4 is 4.90 Å². The quantitative estimate of drug-likeness (QED) is 0.218. The Labute approximate surface area is 231 Å². The van der Waals surface area contributed by atoms with Crippen LogP contribution in [0, 0.1) is 11.6 Å². The summed E-state index contributed by atoms with van der Waals surface area (Å²) in [6.45, 7) is 0. The summed E-state index contributed by atoms with van der Waals surface area (Å²) in [6, 6.07) is 46.6. The van der Waals surface area contributed by atoms with Crippen LogP contribution in [0.5, 0.6) is 0 Å². The van der Waals surface area contributed by atoms with Gasteiger partial charge in [0.05, 0.1) is 16.7 Å². The van der Waals surface area contributed by atoms with E-state index in [0.29, 0.717) is 5.69 Å². The van der Waals surface area contributed by atoms with Gasteiger partial charge >= 0.3 is 0 Å². The number of hydrogen-bond donors (Lipinski definition) is 0. The van der Waals surface area contributed by atoms with E-state index in [4.69, 9.17) is 0 Å². The van der Waals surface area contributed by atoms with Crippen molar-refractivity contribution in [3.63, 3.8) is 0 Å². The number of rotatable bonds is 5. The highest BCUT2D eigenvalue weighted by Gasteiger charge is 2.18. The van der Waals surface area contributed by atoms with Gasteiger partial charge in [-0.1, -0.05) is 78.9 Å². The van der Waals surface area contributed by atoms with Gasteiger partial charge in [0.2, 0.25) is 0 Å². The average molecular weight is 523 g/mol. The molecule has 0 saturated carbocycles. The largest absolute Gasteiger partial charge is 0.310 e. The van der Waals surface area contributed by atoms with Crippen LogP contribution in [0.15, 0.2) is 146 Å². The van der Waals surface area contributed by atoms with Gasteiger partial charge in [-0.3, -0.25) is 0 Å². The van der Waals surface area contributed by atoms with Crippen LogP contribution >= 0.6 is 0 Å². The number of benzene rings is 6. The van der Waals surface area contributed by atoms with Crippen LogP contribution in [0.2, 0.25) is 0 Å². The molecule has 7 rings (SSSR count). The molecule has 0 aliphatic carbocycles. The lowest BCUT2D eigenvalue weighted by atomic mass is 10.0. The molecule has 0 unspecified atom stereocenters. The molecule has 192 valence electrons. The van der Waals surface area contributed by atoms with Gasteiger partial charge in [-0.25, -0.2) is 8.78 Å². The van der Waals surface area contributed by atoms with Gasteiger partial charge in [0.15, 0.2) is 0 Å². The summed E-state index contributed by atoms with van der Waals surface area (Å²) >= 11 is 0.